The summed E-state index contributed by atoms with van der Waals surface area (Å²) in [6.07, 6.45) is 0.893. The molecule has 1 saturated heterocycles. The van der Waals surface area contributed by atoms with Crippen LogP contribution in [-0.2, 0) is 9.59 Å². The standard InChI is InChI=1S/C18H20N2O5/c1-19(11-16(21)20-8-6-12(7-9-20)18(23)24)17(22)15-10-13-4-2-3-5-14(13)25-15/h2-5,10,12H,6-9,11H2,1H3,(H,23,24). The molecule has 1 aliphatic heterocycles. The number of carboxylic acid groups (broad SMARTS) is 1. The molecule has 0 bridgehead atoms. The molecule has 2 aromatic rings. The Morgan fingerprint density at radius 1 is 1.24 bits per heavy atom. The van der Waals surface area contributed by atoms with Crippen molar-refractivity contribution in [2.45, 2.75) is 12.8 Å². The molecule has 132 valence electrons. The van der Waals surface area contributed by atoms with Crippen LogP contribution in [0.1, 0.15) is 23.4 Å². The number of fused-ring (bicyclic) bond motifs is 1. The van der Waals surface area contributed by atoms with Gasteiger partial charge in [-0.1, -0.05) is 18.2 Å². The normalized spacial score (nSPS) is 15.3. The van der Waals surface area contributed by atoms with E-state index in [1.54, 1.807) is 24.1 Å². The number of benzene rings is 1. The Hall–Kier alpha value is -2.83. The van der Waals surface area contributed by atoms with Gasteiger partial charge < -0.3 is 19.3 Å². The molecule has 1 fully saturated rings. The number of piperidine rings is 1. The van der Waals surface area contributed by atoms with Crippen LogP contribution in [0.25, 0.3) is 11.0 Å². The van der Waals surface area contributed by atoms with Gasteiger partial charge in [0.15, 0.2) is 5.76 Å². The van der Waals surface area contributed by atoms with Crippen molar-refractivity contribution in [3.05, 3.63) is 36.1 Å². The molecule has 0 radical (unpaired) electrons. The zero-order valence-corrected chi connectivity index (χ0v) is 14.0. The van der Waals surface area contributed by atoms with E-state index in [1.807, 2.05) is 18.2 Å². The molecule has 0 saturated carbocycles. The van der Waals surface area contributed by atoms with Crippen molar-refractivity contribution in [1.29, 1.82) is 0 Å². The Bertz CT molecular complexity index is 772. The Balaban J connectivity index is 1.59. The van der Waals surface area contributed by atoms with Crippen molar-refractivity contribution in [2.24, 2.45) is 5.92 Å². The van der Waals surface area contributed by atoms with Gasteiger partial charge in [0.2, 0.25) is 5.91 Å². The van der Waals surface area contributed by atoms with Crippen LogP contribution in [0, 0.1) is 5.92 Å². The van der Waals surface area contributed by atoms with Gasteiger partial charge >= 0.3 is 5.97 Å². The first-order valence-corrected chi connectivity index (χ1v) is 8.20. The number of carbonyl (C=O) groups is 3. The quantitative estimate of drug-likeness (QED) is 0.914. The van der Waals surface area contributed by atoms with Crippen molar-refractivity contribution in [2.75, 3.05) is 26.7 Å². The van der Waals surface area contributed by atoms with E-state index in [0.29, 0.717) is 31.5 Å². The van der Waals surface area contributed by atoms with Crippen molar-refractivity contribution in [3.8, 4) is 0 Å². The summed E-state index contributed by atoms with van der Waals surface area (Å²) in [4.78, 5) is 38.7. The van der Waals surface area contributed by atoms with Crippen LogP contribution in [0.4, 0.5) is 0 Å². The second kappa shape index (κ2) is 6.96. The summed E-state index contributed by atoms with van der Waals surface area (Å²) >= 11 is 0. The summed E-state index contributed by atoms with van der Waals surface area (Å²) in [6, 6.07) is 8.99. The molecule has 1 N–H and O–H groups in total. The SMILES string of the molecule is CN(CC(=O)N1CCC(C(=O)O)CC1)C(=O)c1cc2ccccc2o1. The van der Waals surface area contributed by atoms with E-state index in [2.05, 4.69) is 0 Å². The molecule has 0 atom stereocenters. The van der Waals surface area contributed by atoms with Gasteiger partial charge in [-0.15, -0.1) is 0 Å². The number of hydrogen-bond acceptors (Lipinski definition) is 4. The van der Waals surface area contributed by atoms with Gasteiger partial charge in [0.05, 0.1) is 12.5 Å². The van der Waals surface area contributed by atoms with Gasteiger partial charge in [0, 0.05) is 25.5 Å². The van der Waals surface area contributed by atoms with E-state index in [-0.39, 0.29) is 30.0 Å². The minimum absolute atomic E-state index is 0.0619. The largest absolute Gasteiger partial charge is 0.481 e. The molecule has 1 aliphatic rings. The number of hydrogen-bond donors (Lipinski definition) is 1. The van der Waals surface area contributed by atoms with E-state index < -0.39 is 5.97 Å². The highest BCUT2D eigenvalue weighted by Gasteiger charge is 2.28. The molecule has 0 unspecified atom stereocenters. The number of carboxylic acids is 1. The highest BCUT2D eigenvalue weighted by atomic mass is 16.4. The van der Waals surface area contributed by atoms with E-state index in [0.717, 1.165) is 5.39 Å². The molecule has 2 amide bonds. The van der Waals surface area contributed by atoms with Crippen LogP contribution >= 0.6 is 0 Å². The van der Waals surface area contributed by atoms with E-state index in [9.17, 15) is 14.4 Å². The highest BCUT2D eigenvalue weighted by molar-refractivity contribution is 5.97. The summed E-state index contributed by atoms with van der Waals surface area (Å²) in [6.45, 7) is 0.749. The number of furan rings is 1. The highest BCUT2D eigenvalue weighted by Crippen LogP contribution is 2.20. The smallest absolute Gasteiger partial charge is 0.306 e. The third kappa shape index (κ3) is 3.65. The minimum atomic E-state index is -0.815. The second-order valence-corrected chi connectivity index (χ2v) is 6.30. The molecular formula is C18H20N2O5. The average molecular weight is 344 g/mol. The molecule has 1 aromatic carbocycles. The number of nitrogens with zero attached hydrogens (tertiary/aromatic N) is 2. The number of likely N-dealkylation sites (tertiary alicyclic amines) is 1. The topological polar surface area (TPSA) is 91.1 Å². The fourth-order valence-corrected chi connectivity index (χ4v) is 3.03. The number of amides is 2. The van der Waals surface area contributed by atoms with Crippen molar-refractivity contribution < 1.29 is 23.9 Å². The van der Waals surface area contributed by atoms with Gasteiger partial charge in [-0.05, 0) is 25.0 Å². The first-order valence-electron chi connectivity index (χ1n) is 8.20. The monoisotopic (exact) mass is 344 g/mol. The summed E-state index contributed by atoms with van der Waals surface area (Å²) < 4.78 is 5.54. The lowest BCUT2D eigenvalue weighted by Gasteiger charge is -2.31. The maximum absolute atomic E-state index is 12.5. The average Bonchev–Trinajstić information content (AvgIpc) is 3.05. The van der Waals surface area contributed by atoms with Gasteiger partial charge in [-0.2, -0.15) is 0 Å². The Morgan fingerprint density at radius 3 is 2.56 bits per heavy atom. The van der Waals surface area contributed by atoms with Gasteiger partial charge in [0.1, 0.15) is 5.58 Å². The van der Waals surface area contributed by atoms with E-state index in [4.69, 9.17) is 9.52 Å². The third-order valence-corrected chi connectivity index (χ3v) is 4.55. The van der Waals surface area contributed by atoms with Crippen LogP contribution in [0.3, 0.4) is 0 Å². The molecule has 2 heterocycles. The van der Waals surface area contributed by atoms with Crippen molar-refractivity contribution in [1.82, 2.24) is 9.80 Å². The molecule has 3 rings (SSSR count). The molecule has 0 aliphatic carbocycles. The van der Waals surface area contributed by atoms with Crippen LogP contribution in [-0.4, -0.2) is 59.4 Å². The minimum Gasteiger partial charge on any atom is -0.481 e. The summed E-state index contributed by atoms with van der Waals surface area (Å²) in [5.74, 6) is -1.55. The fourth-order valence-electron chi connectivity index (χ4n) is 3.03. The van der Waals surface area contributed by atoms with E-state index in [1.165, 1.54) is 4.90 Å². The lowest BCUT2D eigenvalue weighted by atomic mass is 9.97. The maximum Gasteiger partial charge on any atom is 0.306 e. The second-order valence-electron chi connectivity index (χ2n) is 6.30. The van der Waals surface area contributed by atoms with Crippen LogP contribution < -0.4 is 0 Å². The van der Waals surface area contributed by atoms with Gasteiger partial charge in [-0.3, -0.25) is 14.4 Å². The first-order chi connectivity index (χ1) is 12.0. The number of para-hydroxylation sites is 1. The summed E-state index contributed by atoms with van der Waals surface area (Å²) in [5.41, 5.74) is 0.626. The molecule has 1 aromatic heterocycles. The molecule has 25 heavy (non-hydrogen) atoms. The van der Waals surface area contributed by atoms with Crippen molar-refractivity contribution in [3.63, 3.8) is 0 Å². The molecule has 7 nitrogen and oxygen atoms in total. The Morgan fingerprint density at radius 2 is 1.92 bits per heavy atom. The van der Waals surface area contributed by atoms with Gasteiger partial charge in [0.25, 0.3) is 5.91 Å². The van der Waals surface area contributed by atoms with Crippen LogP contribution in [0.5, 0.6) is 0 Å². The fraction of sp³-hybridized carbons (Fsp3) is 0.389. The van der Waals surface area contributed by atoms with Gasteiger partial charge in [-0.25, -0.2) is 0 Å². The predicted molar refractivity (Wildman–Crippen MR) is 90.1 cm³/mol. The molecule has 0 spiro atoms. The lowest BCUT2D eigenvalue weighted by Crippen LogP contribution is -2.45. The van der Waals surface area contributed by atoms with E-state index >= 15 is 0 Å². The number of likely N-dealkylation sites (N-methyl/N-ethyl adjacent to an activating group) is 1. The zero-order chi connectivity index (χ0) is 18.0. The third-order valence-electron chi connectivity index (χ3n) is 4.55. The predicted octanol–water partition coefficient (Wildman–Crippen LogP) is 1.83. The first kappa shape index (κ1) is 17.0. The Labute approximate surface area is 144 Å². The molecular weight excluding hydrogens is 324 g/mol. The number of carbonyl (C=O) groups excluding carboxylic acids is 2. The van der Waals surface area contributed by atoms with Crippen LogP contribution in [0.2, 0.25) is 0 Å². The number of aliphatic carboxylic acids is 1. The summed E-state index contributed by atoms with van der Waals surface area (Å²) in [7, 11) is 1.55. The van der Waals surface area contributed by atoms with Crippen molar-refractivity contribution >= 4 is 28.8 Å². The molecule has 7 heteroatoms. The lowest BCUT2D eigenvalue weighted by molar-refractivity contribution is -0.145. The summed E-state index contributed by atoms with van der Waals surface area (Å²) in [5, 5.41) is 9.84. The zero-order valence-electron chi connectivity index (χ0n) is 14.0. The Kier molecular flexibility index (Phi) is 4.74. The number of rotatable bonds is 4. The maximum atomic E-state index is 12.5. The van der Waals surface area contributed by atoms with Crippen LogP contribution in [0.15, 0.2) is 34.7 Å².